The molecule has 1 aliphatic carbocycles. The minimum atomic E-state index is 0.244. The topological polar surface area (TPSA) is 37.8 Å². The van der Waals surface area contributed by atoms with Crippen molar-refractivity contribution in [3.05, 3.63) is 30.1 Å². The normalized spacial score (nSPS) is 31.4. The number of pyridine rings is 1. The number of fused-ring (bicyclic) bond motifs is 1. The van der Waals surface area contributed by atoms with Crippen molar-refractivity contribution in [3.63, 3.8) is 0 Å². The standard InChI is InChI=1S/C19H29N3O2/c1-2-9-21(8-1)10-12-23-18-6-5-17-19(18)24-13-11-22(17)15-16-4-3-7-20-14-16/h3-4,7,14,17-19H,1-2,5-6,8-13,15H2/t17-,18+,19+/m0/s1. The second kappa shape index (κ2) is 7.91. The summed E-state index contributed by atoms with van der Waals surface area (Å²) >= 11 is 0. The van der Waals surface area contributed by atoms with Crippen LogP contribution in [0.3, 0.4) is 0 Å². The Morgan fingerprint density at radius 1 is 1.21 bits per heavy atom. The molecule has 2 aliphatic heterocycles. The third-order valence-corrected chi connectivity index (χ3v) is 5.70. The minimum Gasteiger partial charge on any atom is -0.374 e. The molecule has 3 aliphatic rings. The quantitative estimate of drug-likeness (QED) is 0.796. The maximum atomic E-state index is 6.23. The second-order valence-corrected chi connectivity index (χ2v) is 7.27. The van der Waals surface area contributed by atoms with Gasteiger partial charge in [0.25, 0.3) is 0 Å². The monoisotopic (exact) mass is 331 g/mol. The summed E-state index contributed by atoms with van der Waals surface area (Å²) in [6, 6.07) is 4.68. The molecule has 0 amide bonds. The third kappa shape index (κ3) is 3.80. The fourth-order valence-corrected chi connectivity index (χ4v) is 4.43. The van der Waals surface area contributed by atoms with Gasteiger partial charge in [-0.05, 0) is 50.4 Å². The van der Waals surface area contributed by atoms with Crippen molar-refractivity contribution in [1.29, 1.82) is 0 Å². The molecule has 24 heavy (non-hydrogen) atoms. The van der Waals surface area contributed by atoms with Crippen molar-refractivity contribution in [2.45, 2.75) is 50.5 Å². The van der Waals surface area contributed by atoms with E-state index in [4.69, 9.17) is 9.47 Å². The zero-order chi connectivity index (χ0) is 16.2. The van der Waals surface area contributed by atoms with Gasteiger partial charge in [-0.3, -0.25) is 9.88 Å². The molecular formula is C19H29N3O2. The van der Waals surface area contributed by atoms with Crippen molar-refractivity contribution in [2.75, 3.05) is 39.4 Å². The van der Waals surface area contributed by atoms with Gasteiger partial charge in [-0.1, -0.05) is 6.07 Å². The van der Waals surface area contributed by atoms with E-state index in [-0.39, 0.29) is 12.2 Å². The van der Waals surface area contributed by atoms with Crippen LogP contribution in [-0.4, -0.2) is 72.4 Å². The van der Waals surface area contributed by atoms with Gasteiger partial charge in [-0.25, -0.2) is 0 Å². The van der Waals surface area contributed by atoms with Gasteiger partial charge in [0.15, 0.2) is 0 Å². The third-order valence-electron chi connectivity index (χ3n) is 5.70. The van der Waals surface area contributed by atoms with E-state index in [0.717, 1.165) is 39.3 Å². The highest BCUT2D eigenvalue weighted by molar-refractivity contribution is 5.09. The lowest BCUT2D eigenvalue weighted by atomic mass is 10.1. The highest BCUT2D eigenvalue weighted by Crippen LogP contribution is 2.33. The van der Waals surface area contributed by atoms with E-state index in [1.54, 1.807) is 0 Å². The van der Waals surface area contributed by atoms with Crippen molar-refractivity contribution in [2.24, 2.45) is 0 Å². The van der Waals surface area contributed by atoms with E-state index >= 15 is 0 Å². The zero-order valence-electron chi connectivity index (χ0n) is 14.5. The Kier molecular flexibility index (Phi) is 5.43. The number of hydrogen-bond acceptors (Lipinski definition) is 5. The van der Waals surface area contributed by atoms with Crippen LogP contribution in [0.4, 0.5) is 0 Å². The van der Waals surface area contributed by atoms with Crippen LogP contribution < -0.4 is 0 Å². The van der Waals surface area contributed by atoms with Gasteiger partial charge in [0.2, 0.25) is 0 Å². The molecule has 0 aromatic carbocycles. The summed E-state index contributed by atoms with van der Waals surface area (Å²) in [5, 5.41) is 0. The van der Waals surface area contributed by atoms with E-state index < -0.39 is 0 Å². The summed E-state index contributed by atoms with van der Waals surface area (Å²) in [4.78, 5) is 9.32. The number of ether oxygens (including phenoxy) is 2. The van der Waals surface area contributed by atoms with Crippen molar-refractivity contribution >= 4 is 0 Å². The van der Waals surface area contributed by atoms with Crippen molar-refractivity contribution < 1.29 is 9.47 Å². The smallest absolute Gasteiger partial charge is 0.0992 e. The molecule has 3 atom stereocenters. The van der Waals surface area contributed by atoms with Crippen molar-refractivity contribution in [3.8, 4) is 0 Å². The molecule has 0 radical (unpaired) electrons. The maximum absolute atomic E-state index is 6.23. The Morgan fingerprint density at radius 2 is 2.12 bits per heavy atom. The van der Waals surface area contributed by atoms with Crippen LogP contribution in [0.25, 0.3) is 0 Å². The molecule has 3 heterocycles. The van der Waals surface area contributed by atoms with Crippen LogP contribution in [-0.2, 0) is 16.0 Å². The molecule has 3 fully saturated rings. The first kappa shape index (κ1) is 16.5. The maximum Gasteiger partial charge on any atom is 0.0992 e. The molecule has 1 saturated carbocycles. The lowest BCUT2D eigenvalue weighted by molar-refractivity contribution is -0.116. The number of nitrogens with zero attached hydrogens (tertiary/aromatic N) is 3. The summed E-state index contributed by atoms with van der Waals surface area (Å²) in [7, 11) is 0. The number of aromatic nitrogens is 1. The van der Waals surface area contributed by atoms with Gasteiger partial charge < -0.3 is 14.4 Å². The van der Waals surface area contributed by atoms with Gasteiger partial charge in [-0.15, -0.1) is 0 Å². The molecule has 5 heteroatoms. The van der Waals surface area contributed by atoms with Crippen LogP contribution in [0.1, 0.15) is 31.2 Å². The zero-order valence-corrected chi connectivity index (χ0v) is 14.5. The Hall–Kier alpha value is -1.01. The first-order chi connectivity index (χ1) is 11.9. The lowest BCUT2D eigenvalue weighted by Crippen LogP contribution is -2.51. The van der Waals surface area contributed by atoms with Crippen LogP contribution in [0, 0.1) is 0 Å². The molecule has 2 saturated heterocycles. The Bertz CT molecular complexity index is 507. The Balaban J connectivity index is 1.29. The fraction of sp³-hybridized carbons (Fsp3) is 0.737. The summed E-state index contributed by atoms with van der Waals surface area (Å²) in [6.07, 6.45) is 9.33. The van der Waals surface area contributed by atoms with Crippen molar-refractivity contribution in [1.82, 2.24) is 14.8 Å². The highest BCUT2D eigenvalue weighted by Gasteiger charge is 2.43. The van der Waals surface area contributed by atoms with E-state index in [9.17, 15) is 0 Å². The second-order valence-electron chi connectivity index (χ2n) is 7.27. The van der Waals surface area contributed by atoms with E-state index in [0.29, 0.717) is 6.04 Å². The number of rotatable bonds is 6. The summed E-state index contributed by atoms with van der Waals surface area (Å²) < 4.78 is 12.3. The molecule has 5 nitrogen and oxygen atoms in total. The first-order valence-corrected chi connectivity index (χ1v) is 9.49. The Morgan fingerprint density at radius 3 is 2.96 bits per heavy atom. The molecule has 0 unspecified atom stereocenters. The summed E-state index contributed by atoms with van der Waals surface area (Å²) in [6.45, 7) is 7.21. The van der Waals surface area contributed by atoms with Gasteiger partial charge in [0, 0.05) is 38.1 Å². The molecule has 1 aromatic heterocycles. The molecular weight excluding hydrogens is 302 g/mol. The largest absolute Gasteiger partial charge is 0.374 e. The average Bonchev–Trinajstić information content (AvgIpc) is 3.27. The average molecular weight is 331 g/mol. The fourth-order valence-electron chi connectivity index (χ4n) is 4.43. The van der Waals surface area contributed by atoms with Gasteiger partial charge in [0.1, 0.15) is 0 Å². The van der Waals surface area contributed by atoms with Crippen LogP contribution in [0.5, 0.6) is 0 Å². The number of morpholine rings is 1. The SMILES string of the molecule is c1cncc(CN2CCO[C@H]3[C@H](OCCN4CCCC4)CC[C@@H]32)c1. The predicted molar refractivity (Wildman–Crippen MR) is 92.8 cm³/mol. The lowest BCUT2D eigenvalue weighted by Gasteiger charge is -2.39. The van der Waals surface area contributed by atoms with Gasteiger partial charge in [-0.2, -0.15) is 0 Å². The van der Waals surface area contributed by atoms with Gasteiger partial charge >= 0.3 is 0 Å². The predicted octanol–water partition coefficient (Wildman–Crippen LogP) is 1.93. The number of likely N-dealkylation sites (tertiary alicyclic amines) is 1. The molecule has 0 bridgehead atoms. The van der Waals surface area contributed by atoms with E-state index in [1.165, 1.54) is 37.9 Å². The highest BCUT2D eigenvalue weighted by atomic mass is 16.5. The molecule has 4 rings (SSSR count). The Labute approximate surface area is 144 Å². The molecule has 132 valence electrons. The summed E-state index contributed by atoms with van der Waals surface area (Å²) in [5.74, 6) is 0. The first-order valence-electron chi connectivity index (χ1n) is 9.49. The molecule has 0 spiro atoms. The number of hydrogen-bond donors (Lipinski definition) is 0. The summed E-state index contributed by atoms with van der Waals surface area (Å²) in [5.41, 5.74) is 1.29. The van der Waals surface area contributed by atoms with Gasteiger partial charge in [0.05, 0.1) is 25.4 Å². The molecule has 0 N–H and O–H groups in total. The van der Waals surface area contributed by atoms with E-state index in [1.807, 2.05) is 18.5 Å². The van der Waals surface area contributed by atoms with Crippen LogP contribution in [0.15, 0.2) is 24.5 Å². The minimum absolute atomic E-state index is 0.244. The van der Waals surface area contributed by atoms with Crippen LogP contribution >= 0.6 is 0 Å². The molecule has 1 aromatic rings. The van der Waals surface area contributed by atoms with Crippen LogP contribution in [0.2, 0.25) is 0 Å². The van der Waals surface area contributed by atoms with E-state index in [2.05, 4.69) is 20.9 Å².